The molecule has 1 heterocycles. The zero-order valence-corrected chi connectivity index (χ0v) is 12.6. The number of sulfonamides is 1. The summed E-state index contributed by atoms with van der Waals surface area (Å²) in [5, 5.41) is 8.98. The van der Waals surface area contributed by atoms with Crippen molar-refractivity contribution in [2.75, 3.05) is 6.26 Å². The molecule has 5 nitrogen and oxygen atoms in total. The molecule has 1 aliphatic carbocycles. The molecule has 0 aliphatic heterocycles. The van der Waals surface area contributed by atoms with E-state index in [1.54, 1.807) is 6.07 Å². The number of nitrogens with one attached hydrogen (secondary N) is 1. The molecule has 0 radical (unpaired) electrons. The molecule has 108 valence electrons. The molecular formula is C12H20N2O3S2. The molecule has 0 amide bonds. The van der Waals surface area contributed by atoms with Gasteiger partial charge in [0.15, 0.2) is 0 Å². The number of rotatable bonds is 5. The Morgan fingerprint density at radius 3 is 2.89 bits per heavy atom. The molecule has 1 saturated carbocycles. The summed E-state index contributed by atoms with van der Waals surface area (Å²) in [7, 11) is -3.74. The fraction of sp³-hybridized carbons (Fsp3) is 0.667. The van der Waals surface area contributed by atoms with Gasteiger partial charge in [-0.25, -0.2) is 13.6 Å². The second kappa shape index (κ2) is 6.30. The largest absolute Gasteiger partial charge is 0.447 e. The molecule has 3 N–H and O–H groups in total. The normalized spacial score (nSPS) is 24.5. The van der Waals surface area contributed by atoms with Crippen molar-refractivity contribution in [1.29, 1.82) is 0 Å². The lowest BCUT2D eigenvalue weighted by molar-refractivity contribution is 0.347. The SMILES string of the molecule is CSC1CCCC(NCc2ccc(S(N)(=O)=O)o2)C1. The third-order valence-electron chi connectivity index (χ3n) is 3.44. The van der Waals surface area contributed by atoms with Gasteiger partial charge >= 0.3 is 0 Å². The Morgan fingerprint density at radius 1 is 1.47 bits per heavy atom. The second-order valence-corrected chi connectivity index (χ2v) is 7.50. The van der Waals surface area contributed by atoms with E-state index < -0.39 is 10.0 Å². The molecule has 0 bridgehead atoms. The lowest BCUT2D eigenvalue weighted by Gasteiger charge is -2.28. The summed E-state index contributed by atoms with van der Waals surface area (Å²) < 4.78 is 27.4. The quantitative estimate of drug-likeness (QED) is 0.864. The Kier molecular flexibility index (Phi) is 4.94. The number of nitrogens with two attached hydrogens (primary N) is 1. The number of primary sulfonamides is 1. The summed E-state index contributed by atoms with van der Waals surface area (Å²) in [5.41, 5.74) is 0. The summed E-state index contributed by atoms with van der Waals surface area (Å²) >= 11 is 1.92. The van der Waals surface area contributed by atoms with Crippen molar-refractivity contribution in [1.82, 2.24) is 5.32 Å². The predicted molar refractivity (Wildman–Crippen MR) is 76.5 cm³/mol. The maximum Gasteiger partial charge on any atom is 0.271 e. The third kappa shape index (κ3) is 4.24. The van der Waals surface area contributed by atoms with E-state index in [0.29, 0.717) is 18.3 Å². The van der Waals surface area contributed by atoms with Crippen LogP contribution < -0.4 is 10.5 Å². The fourth-order valence-electron chi connectivity index (χ4n) is 2.40. The van der Waals surface area contributed by atoms with Crippen molar-refractivity contribution in [3.8, 4) is 0 Å². The standard InChI is InChI=1S/C12H20N2O3S2/c1-18-11-4-2-3-9(7-11)14-8-10-5-6-12(17-10)19(13,15)16/h5-6,9,11,14H,2-4,7-8H2,1H3,(H2,13,15,16). The van der Waals surface area contributed by atoms with Gasteiger partial charge in [0.1, 0.15) is 5.76 Å². The summed E-state index contributed by atoms with van der Waals surface area (Å²) in [6.07, 6.45) is 7.00. The van der Waals surface area contributed by atoms with Gasteiger partial charge in [0.2, 0.25) is 5.09 Å². The number of thioether (sulfide) groups is 1. The Hall–Kier alpha value is -0.500. The van der Waals surface area contributed by atoms with Crippen LogP contribution in [0.15, 0.2) is 21.6 Å². The molecule has 1 aliphatic rings. The van der Waals surface area contributed by atoms with E-state index in [9.17, 15) is 8.42 Å². The smallest absolute Gasteiger partial charge is 0.271 e. The van der Waals surface area contributed by atoms with Gasteiger partial charge in [-0.3, -0.25) is 0 Å². The molecule has 0 saturated heterocycles. The van der Waals surface area contributed by atoms with Crippen LogP contribution in [0.5, 0.6) is 0 Å². The van der Waals surface area contributed by atoms with E-state index in [0.717, 1.165) is 11.7 Å². The van der Waals surface area contributed by atoms with E-state index in [1.807, 2.05) is 11.8 Å². The van der Waals surface area contributed by atoms with Crippen molar-refractivity contribution in [3.05, 3.63) is 17.9 Å². The van der Waals surface area contributed by atoms with Gasteiger partial charge in [0, 0.05) is 11.3 Å². The summed E-state index contributed by atoms with van der Waals surface area (Å²) in [5.74, 6) is 0.607. The minimum absolute atomic E-state index is 0.171. The van der Waals surface area contributed by atoms with Gasteiger partial charge in [-0.15, -0.1) is 0 Å². The minimum Gasteiger partial charge on any atom is -0.447 e. The molecule has 19 heavy (non-hydrogen) atoms. The van der Waals surface area contributed by atoms with Crippen LogP contribution in [0.3, 0.4) is 0 Å². The average molecular weight is 304 g/mol. The highest BCUT2D eigenvalue weighted by atomic mass is 32.2. The lowest BCUT2D eigenvalue weighted by atomic mass is 9.95. The van der Waals surface area contributed by atoms with Crippen LogP contribution in [-0.4, -0.2) is 26.0 Å². The van der Waals surface area contributed by atoms with Crippen LogP contribution >= 0.6 is 11.8 Å². The molecule has 2 unspecified atom stereocenters. The fourth-order valence-corrected chi connectivity index (χ4v) is 3.70. The average Bonchev–Trinajstić information content (AvgIpc) is 2.85. The zero-order valence-electron chi connectivity index (χ0n) is 11.0. The van der Waals surface area contributed by atoms with Crippen LogP contribution in [0.4, 0.5) is 0 Å². The Bertz CT molecular complexity index is 513. The van der Waals surface area contributed by atoms with Crippen LogP contribution in [-0.2, 0) is 16.6 Å². The van der Waals surface area contributed by atoms with E-state index >= 15 is 0 Å². The van der Waals surface area contributed by atoms with Gasteiger partial charge in [-0.2, -0.15) is 11.8 Å². The van der Waals surface area contributed by atoms with Gasteiger partial charge in [-0.05, 0) is 37.7 Å². The summed E-state index contributed by atoms with van der Waals surface area (Å²) in [6, 6.07) is 3.54. The van der Waals surface area contributed by atoms with Gasteiger partial charge in [-0.1, -0.05) is 6.42 Å². The minimum atomic E-state index is -3.74. The van der Waals surface area contributed by atoms with E-state index in [1.165, 1.54) is 25.3 Å². The highest BCUT2D eigenvalue weighted by Crippen LogP contribution is 2.27. The molecule has 1 aromatic heterocycles. The van der Waals surface area contributed by atoms with E-state index in [-0.39, 0.29) is 5.09 Å². The molecule has 1 aromatic rings. The van der Waals surface area contributed by atoms with Crippen LogP contribution in [0.25, 0.3) is 0 Å². The first kappa shape index (κ1) is 14.9. The van der Waals surface area contributed by atoms with Crippen molar-refractivity contribution in [3.63, 3.8) is 0 Å². The molecule has 0 spiro atoms. The number of furan rings is 1. The maximum absolute atomic E-state index is 11.1. The van der Waals surface area contributed by atoms with Crippen LogP contribution in [0.1, 0.15) is 31.4 Å². The first-order valence-corrected chi connectivity index (χ1v) is 9.20. The molecular weight excluding hydrogens is 284 g/mol. The van der Waals surface area contributed by atoms with Crippen molar-refractivity contribution in [2.24, 2.45) is 5.14 Å². The molecule has 2 atom stereocenters. The maximum atomic E-state index is 11.1. The highest BCUT2D eigenvalue weighted by Gasteiger charge is 2.21. The number of hydrogen-bond donors (Lipinski definition) is 2. The Labute approximate surface area is 118 Å². The predicted octanol–water partition coefficient (Wildman–Crippen LogP) is 1.69. The topological polar surface area (TPSA) is 85.3 Å². The molecule has 7 heteroatoms. The monoisotopic (exact) mass is 304 g/mol. The van der Waals surface area contributed by atoms with Gasteiger partial charge < -0.3 is 9.73 Å². The summed E-state index contributed by atoms with van der Waals surface area (Å²) in [6.45, 7) is 0.543. The van der Waals surface area contributed by atoms with Crippen LogP contribution in [0, 0.1) is 0 Å². The second-order valence-electron chi connectivity index (χ2n) is 4.87. The van der Waals surface area contributed by atoms with Crippen molar-refractivity contribution in [2.45, 2.75) is 48.6 Å². The molecule has 0 aromatic carbocycles. The van der Waals surface area contributed by atoms with Gasteiger partial charge in [0.25, 0.3) is 10.0 Å². The highest BCUT2D eigenvalue weighted by molar-refractivity contribution is 7.99. The van der Waals surface area contributed by atoms with Crippen molar-refractivity contribution < 1.29 is 12.8 Å². The summed E-state index contributed by atoms with van der Waals surface area (Å²) in [4.78, 5) is 0. The van der Waals surface area contributed by atoms with Crippen molar-refractivity contribution >= 4 is 21.8 Å². The lowest BCUT2D eigenvalue weighted by Crippen LogP contribution is -2.34. The Balaban J connectivity index is 1.87. The first-order chi connectivity index (χ1) is 8.99. The first-order valence-electron chi connectivity index (χ1n) is 6.36. The molecule has 2 rings (SSSR count). The molecule has 1 fully saturated rings. The zero-order chi connectivity index (χ0) is 13.9. The van der Waals surface area contributed by atoms with E-state index in [2.05, 4.69) is 11.6 Å². The third-order valence-corrected chi connectivity index (χ3v) is 5.32. The van der Waals surface area contributed by atoms with Gasteiger partial charge in [0.05, 0.1) is 6.54 Å². The van der Waals surface area contributed by atoms with E-state index in [4.69, 9.17) is 9.56 Å². The number of hydrogen-bond acceptors (Lipinski definition) is 5. The Morgan fingerprint density at radius 2 is 2.26 bits per heavy atom. The van der Waals surface area contributed by atoms with Crippen LogP contribution in [0.2, 0.25) is 0 Å².